The molecule has 100 valence electrons. The molecule has 1 aliphatic rings. The van der Waals surface area contributed by atoms with Crippen molar-refractivity contribution in [2.45, 2.75) is 6.42 Å². The molecule has 0 bridgehead atoms. The van der Waals surface area contributed by atoms with Crippen molar-refractivity contribution in [2.24, 2.45) is 7.92 Å². The summed E-state index contributed by atoms with van der Waals surface area (Å²) < 4.78 is 8.60. The van der Waals surface area contributed by atoms with E-state index >= 15 is 0 Å². The monoisotopic (exact) mass is 333 g/mol. The Balaban J connectivity index is 1.72. The molecule has 0 unspecified atom stereocenters. The molecule has 0 saturated carbocycles. The molecule has 6 nitrogen and oxygen atoms in total. The van der Waals surface area contributed by atoms with Gasteiger partial charge in [0.1, 0.15) is 0 Å². The zero-order chi connectivity index (χ0) is 13.9. The van der Waals surface area contributed by atoms with E-state index in [1.54, 1.807) is 18.3 Å². The van der Waals surface area contributed by atoms with E-state index in [1.165, 1.54) is 0 Å². The number of hydrogen-bond donors (Lipinski definition) is 2. The molecule has 2 heterocycles. The number of aromatic nitrogens is 1. The second-order valence-corrected chi connectivity index (χ2v) is 5.35. The van der Waals surface area contributed by atoms with Gasteiger partial charge >= 0.3 is 121 Å². The van der Waals surface area contributed by atoms with Gasteiger partial charge in [-0.05, 0) is 0 Å². The number of carbonyl (C=O) groups is 1. The number of carbonyl (C=O) groups excluding carboxylic acids is 1. The van der Waals surface area contributed by atoms with Crippen molar-refractivity contribution in [3.05, 3.63) is 42.2 Å². The SMILES string of the molecule is Nc1ccc(CC(=O)Nc2cccc3c2N=[Se]=N3)nc1. The quantitative estimate of drug-likeness (QED) is 0.720. The zero-order valence-electron chi connectivity index (χ0n) is 10.4. The summed E-state index contributed by atoms with van der Waals surface area (Å²) in [6.07, 6.45) is 1.74. The molecule has 1 aliphatic heterocycles. The first-order valence-corrected chi connectivity index (χ1v) is 7.47. The number of fused-ring (bicyclic) bond motifs is 1. The summed E-state index contributed by atoms with van der Waals surface area (Å²) in [6, 6.07) is 9.05. The summed E-state index contributed by atoms with van der Waals surface area (Å²) in [4.78, 5) is 16.1. The number of nitrogens with one attached hydrogen (secondary N) is 1. The standard InChI is InChI=1S/C13H11N5OSe/c14-8-4-5-9(15-7-8)6-12(19)16-10-2-1-3-11-13(10)18-20-17-11/h1-5,7H,6,14H2,(H,16,19). The Morgan fingerprint density at radius 1 is 1.25 bits per heavy atom. The molecular formula is C13H11N5OSe. The van der Waals surface area contributed by atoms with Gasteiger partial charge in [0.2, 0.25) is 0 Å². The van der Waals surface area contributed by atoms with Crippen molar-refractivity contribution < 1.29 is 4.79 Å². The van der Waals surface area contributed by atoms with Crippen molar-refractivity contribution >= 4 is 43.2 Å². The molecular weight excluding hydrogens is 321 g/mol. The van der Waals surface area contributed by atoms with Crippen molar-refractivity contribution in [3.63, 3.8) is 0 Å². The first-order valence-electron chi connectivity index (χ1n) is 5.94. The Labute approximate surface area is 121 Å². The molecule has 3 N–H and O–H groups in total. The van der Waals surface area contributed by atoms with Crippen LogP contribution in [0.15, 0.2) is 44.5 Å². The van der Waals surface area contributed by atoms with Gasteiger partial charge in [-0.15, -0.1) is 0 Å². The fraction of sp³-hybridized carbons (Fsp3) is 0.0769. The predicted molar refractivity (Wildman–Crippen MR) is 77.4 cm³/mol. The number of hydrogen-bond acceptors (Lipinski definition) is 5. The summed E-state index contributed by atoms with van der Waals surface area (Å²) in [5.74, 6) is -0.134. The van der Waals surface area contributed by atoms with E-state index in [1.807, 2.05) is 18.2 Å². The Bertz CT molecular complexity index is 735. The number of nitrogens with zero attached hydrogens (tertiary/aromatic N) is 3. The summed E-state index contributed by atoms with van der Waals surface area (Å²) in [5, 5.41) is 2.85. The van der Waals surface area contributed by atoms with E-state index in [2.05, 4.69) is 18.2 Å². The van der Waals surface area contributed by atoms with Crippen molar-refractivity contribution in [1.82, 2.24) is 4.98 Å². The topological polar surface area (TPSA) is 92.7 Å². The molecule has 2 aromatic rings. The van der Waals surface area contributed by atoms with E-state index in [0.29, 0.717) is 17.1 Å². The number of benzene rings is 1. The van der Waals surface area contributed by atoms with E-state index in [0.717, 1.165) is 11.4 Å². The van der Waals surface area contributed by atoms with Crippen LogP contribution in [-0.2, 0) is 11.2 Å². The summed E-state index contributed by atoms with van der Waals surface area (Å²) in [7, 11) is 0. The average molecular weight is 332 g/mol. The Kier molecular flexibility index (Phi) is 3.45. The number of nitrogen functional groups attached to an aromatic ring is 1. The molecule has 0 aliphatic carbocycles. The normalized spacial score (nSPS) is 11.8. The van der Waals surface area contributed by atoms with Gasteiger partial charge < -0.3 is 0 Å². The van der Waals surface area contributed by atoms with E-state index < -0.39 is 0 Å². The van der Waals surface area contributed by atoms with E-state index in [4.69, 9.17) is 5.73 Å². The van der Waals surface area contributed by atoms with E-state index in [-0.39, 0.29) is 26.9 Å². The molecule has 0 fully saturated rings. The van der Waals surface area contributed by atoms with Gasteiger partial charge in [-0.25, -0.2) is 0 Å². The molecule has 1 aromatic heterocycles. The van der Waals surface area contributed by atoms with E-state index in [9.17, 15) is 4.79 Å². The summed E-state index contributed by atoms with van der Waals surface area (Å²) in [6.45, 7) is 0. The number of pyridine rings is 1. The van der Waals surface area contributed by atoms with Gasteiger partial charge in [0.15, 0.2) is 0 Å². The molecule has 0 radical (unpaired) electrons. The van der Waals surface area contributed by atoms with Crippen LogP contribution in [0.25, 0.3) is 0 Å². The fourth-order valence-corrected chi connectivity index (χ4v) is 2.96. The molecule has 0 atom stereocenters. The van der Waals surface area contributed by atoms with Gasteiger partial charge in [0, 0.05) is 0 Å². The van der Waals surface area contributed by atoms with Gasteiger partial charge in [-0.1, -0.05) is 0 Å². The number of amides is 1. The second-order valence-electron chi connectivity index (χ2n) is 4.25. The van der Waals surface area contributed by atoms with Crippen molar-refractivity contribution in [1.29, 1.82) is 0 Å². The third-order valence-corrected chi connectivity index (χ3v) is 3.89. The van der Waals surface area contributed by atoms with Crippen LogP contribution in [0.1, 0.15) is 5.69 Å². The predicted octanol–water partition coefficient (Wildman–Crippen LogP) is 2.19. The summed E-state index contributed by atoms with van der Waals surface area (Å²) >= 11 is -0.109. The Morgan fingerprint density at radius 3 is 2.95 bits per heavy atom. The van der Waals surface area contributed by atoms with Crippen molar-refractivity contribution in [3.8, 4) is 0 Å². The first kappa shape index (κ1) is 12.8. The van der Waals surface area contributed by atoms with Crippen LogP contribution in [0.2, 0.25) is 0 Å². The zero-order valence-corrected chi connectivity index (χ0v) is 12.1. The van der Waals surface area contributed by atoms with Crippen LogP contribution in [0.5, 0.6) is 0 Å². The van der Waals surface area contributed by atoms with Crippen LogP contribution >= 0.6 is 0 Å². The fourth-order valence-electron chi connectivity index (χ4n) is 1.81. The molecule has 1 aromatic carbocycles. The summed E-state index contributed by atoms with van der Waals surface area (Å²) in [5.41, 5.74) is 9.13. The minimum absolute atomic E-state index is 0.109. The van der Waals surface area contributed by atoms with Gasteiger partial charge in [0.25, 0.3) is 0 Å². The van der Waals surface area contributed by atoms with Gasteiger partial charge in [-0.2, -0.15) is 0 Å². The minimum atomic E-state index is -0.134. The van der Waals surface area contributed by atoms with Crippen LogP contribution in [0, 0.1) is 0 Å². The van der Waals surface area contributed by atoms with Crippen molar-refractivity contribution in [2.75, 3.05) is 11.1 Å². The molecule has 7 heteroatoms. The van der Waals surface area contributed by atoms with Gasteiger partial charge in [0.05, 0.1) is 0 Å². The third-order valence-electron chi connectivity index (χ3n) is 2.75. The maximum absolute atomic E-state index is 12.0. The van der Waals surface area contributed by atoms with Crippen LogP contribution in [0.3, 0.4) is 0 Å². The van der Waals surface area contributed by atoms with Crippen LogP contribution in [0.4, 0.5) is 22.7 Å². The third kappa shape index (κ3) is 2.68. The number of rotatable bonds is 3. The Hall–Kier alpha value is -2.24. The first-order chi connectivity index (χ1) is 9.72. The molecule has 20 heavy (non-hydrogen) atoms. The molecule has 1 amide bonds. The van der Waals surface area contributed by atoms with Crippen LogP contribution in [-0.4, -0.2) is 25.5 Å². The Morgan fingerprint density at radius 2 is 2.15 bits per heavy atom. The average Bonchev–Trinajstić information content (AvgIpc) is 2.91. The van der Waals surface area contributed by atoms with Crippen LogP contribution < -0.4 is 11.1 Å². The number of nitrogens with two attached hydrogens (primary N) is 1. The molecule has 0 spiro atoms. The number of anilines is 2. The second kappa shape index (κ2) is 5.40. The maximum atomic E-state index is 12.0. The molecule has 0 saturated heterocycles. The van der Waals surface area contributed by atoms with Gasteiger partial charge in [-0.3, -0.25) is 0 Å². The molecule has 3 rings (SSSR count).